The summed E-state index contributed by atoms with van der Waals surface area (Å²) in [5, 5.41) is 11.0. The molecule has 0 bridgehead atoms. The molecule has 0 saturated heterocycles. The summed E-state index contributed by atoms with van der Waals surface area (Å²) < 4.78 is 7.41. The standard InChI is InChI=1S/C14H10ClN3O3/c15-9-11-14(16-13-7-3-4-8-17(11)13)21-12-6-2-1-5-10(12)18(19)20/h1-8H,9H2. The van der Waals surface area contributed by atoms with Gasteiger partial charge in [-0.3, -0.25) is 14.5 Å². The summed E-state index contributed by atoms with van der Waals surface area (Å²) in [5.74, 6) is 0.587. The lowest BCUT2D eigenvalue weighted by Crippen LogP contribution is -1.95. The van der Waals surface area contributed by atoms with E-state index in [2.05, 4.69) is 4.98 Å². The van der Waals surface area contributed by atoms with Crippen molar-refractivity contribution >= 4 is 22.9 Å². The van der Waals surface area contributed by atoms with Gasteiger partial charge < -0.3 is 4.74 Å². The molecular formula is C14H10ClN3O3. The minimum atomic E-state index is -0.495. The predicted molar refractivity (Wildman–Crippen MR) is 77.9 cm³/mol. The topological polar surface area (TPSA) is 69.7 Å². The van der Waals surface area contributed by atoms with E-state index in [1.807, 2.05) is 24.4 Å². The van der Waals surface area contributed by atoms with Crippen molar-refractivity contribution in [2.45, 2.75) is 5.88 Å². The molecule has 0 unspecified atom stereocenters. The number of hydrogen-bond acceptors (Lipinski definition) is 4. The minimum Gasteiger partial charge on any atom is -0.430 e. The fourth-order valence-electron chi connectivity index (χ4n) is 2.03. The molecule has 3 rings (SSSR count). The number of rotatable bonds is 4. The number of fused-ring (bicyclic) bond motifs is 1. The molecule has 7 heteroatoms. The van der Waals surface area contributed by atoms with Crippen LogP contribution in [-0.4, -0.2) is 14.3 Å². The maximum atomic E-state index is 11.0. The smallest absolute Gasteiger partial charge is 0.311 e. The van der Waals surface area contributed by atoms with Gasteiger partial charge in [0.15, 0.2) is 0 Å². The van der Waals surface area contributed by atoms with Crippen LogP contribution in [0.5, 0.6) is 11.6 Å². The molecule has 0 aliphatic rings. The molecule has 0 aliphatic heterocycles. The van der Waals surface area contributed by atoms with Gasteiger partial charge in [-0.15, -0.1) is 11.6 Å². The number of alkyl halides is 1. The molecule has 21 heavy (non-hydrogen) atoms. The Morgan fingerprint density at radius 3 is 2.76 bits per heavy atom. The zero-order chi connectivity index (χ0) is 14.8. The summed E-state index contributed by atoms with van der Waals surface area (Å²) in [6.45, 7) is 0. The van der Waals surface area contributed by atoms with Gasteiger partial charge in [-0.1, -0.05) is 18.2 Å². The Kier molecular flexibility index (Phi) is 3.45. The van der Waals surface area contributed by atoms with E-state index in [0.29, 0.717) is 11.3 Å². The Morgan fingerprint density at radius 1 is 1.24 bits per heavy atom. The predicted octanol–water partition coefficient (Wildman–Crippen LogP) is 3.77. The lowest BCUT2D eigenvalue weighted by Gasteiger charge is -2.04. The highest BCUT2D eigenvalue weighted by Crippen LogP contribution is 2.33. The first-order chi connectivity index (χ1) is 10.2. The Morgan fingerprint density at radius 2 is 2.00 bits per heavy atom. The molecule has 2 heterocycles. The number of nitro groups is 1. The zero-order valence-corrected chi connectivity index (χ0v) is 11.5. The van der Waals surface area contributed by atoms with Crippen molar-refractivity contribution in [3.63, 3.8) is 0 Å². The van der Waals surface area contributed by atoms with Crippen LogP contribution in [0.2, 0.25) is 0 Å². The average molecular weight is 304 g/mol. The molecular weight excluding hydrogens is 294 g/mol. The summed E-state index contributed by atoms with van der Waals surface area (Å²) in [6, 6.07) is 11.7. The fraction of sp³-hybridized carbons (Fsp3) is 0.0714. The molecule has 0 aliphatic carbocycles. The highest BCUT2D eigenvalue weighted by Gasteiger charge is 2.19. The Hall–Kier alpha value is -2.60. The van der Waals surface area contributed by atoms with Crippen molar-refractivity contribution in [2.75, 3.05) is 0 Å². The highest BCUT2D eigenvalue weighted by molar-refractivity contribution is 6.17. The fourth-order valence-corrected chi connectivity index (χ4v) is 2.27. The van der Waals surface area contributed by atoms with Crippen LogP contribution < -0.4 is 4.74 Å². The highest BCUT2D eigenvalue weighted by atomic mass is 35.5. The van der Waals surface area contributed by atoms with Crippen LogP contribution in [0.3, 0.4) is 0 Å². The molecule has 0 atom stereocenters. The molecule has 0 fully saturated rings. The van der Waals surface area contributed by atoms with E-state index in [0.717, 1.165) is 0 Å². The monoisotopic (exact) mass is 303 g/mol. The van der Waals surface area contributed by atoms with Crippen molar-refractivity contribution in [1.82, 2.24) is 9.38 Å². The Bertz CT molecular complexity index is 816. The van der Waals surface area contributed by atoms with Crippen molar-refractivity contribution in [1.29, 1.82) is 0 Å². The van der Waals surface area contributed by atoms with Crippen molar-refractivity contribution in [3.05, 3.63) is 64.5 Å². The number of ether oxygens (including phenoxy) is 1. The summed E-state index contributed by atoms with van der Waals surface area (Å²) in [5.41, 5.74) is 1.20. The molecule has 3 aromatic rings. The quantitative estimate of drug-likeness (QED) is 0.418. The summed E-state index contributed by atoms with van der Waals surface area (Å²) in [4.78, 5) is 14.8. The van der Waals surface area contributed by atoms with Gasteiger partial charge in [0.05, 0.1) is 10.8 Å². The van der Waals surface area contributed by atoms with Crippen LogP contribution in [0.1, 0.15) is 5.69 Å². The second kappa shape index (κ2) is 5.41. The molecule has 0 N–H and O–H groups in total. The van der Waals surface area contributed by atoms with Gasteiger partial charge in [-0.2, -0.15) is 4.98 Å². The van der Waals surface area contributed by atoms with Crippen molar-refractivity contribution < 1.29 is 9.66 Å². The van der Waals surface area contributed by atoms with Gasteiger partial charge in [0.2, 0.25) is 11.6 Å². The third-order valence-corrected chi connectivity index (χ3v) is 3.24. The number of benzene rings is 1. The average Bonchev–Trinajstić information content (AvgIpc) is 2.84. The van der Waals surface area contributed by atoms with Crippen LogP contribution >= 0.6 is 11.6 Å². The third kappa shape index (κ3) is 2.41. The van der Waals surface area contributed by atoms with Crippen LogP contribution in [0.15, 0.2) is 48.7 Å². The molecule has 1 aromatic carbocycles. The van der Waals surface area contributed by atoms with Crippen LogP contribution in [0, 0.1) is 10.1 Å². The van der Waals surface area contributed by atoms with Crippen molar-refractivity contribution in [2.24, 2.45) is 0 Å². The van der Waals surface area contributed by atoms with Crippen LogP contribution in [0.25, 0.3) is 5.65 Å². The normalized spacial score (nSPS) is 10.7. The molecule has 0 spiro atoms. The number of pyridine rings is 1. The largest absolute Gasteiger partial charge is 0.430 e. The van der Waals surface area contributed by atoms with E-state index in [9.17, 15) is 10.1 Å². The molecule has 106 valence electrons. The first-order valence-electron chi connectivity index (χ1n) is 6.14. The second-order valence-corrected chi connectivity index (χ2v) is 4.52. The van der Waals surface area contributed by atoms with Gasteiger partial charge in [-0.25, -0.2) is 0 Å². The summed E-state index contributed by atoms with van der Waals surface area (Å²) in [7, 11) is 0. The molecule has 0 amide bonds. The first-order valence-corrected chi connectivity index (χ1v) is 6.67. The number of halogens is 1. The molecule has 0 saturated carbocycles. The summed E-state index contributed by atoms with van der Waals surface area (Å²) >= 11 is 5.95. The number of para-hydroxylation sites is 2. The molecule has 0 radical (unpaired) electrons. The van der Waals surface area contributed by atoms with Gasteiger partial charge >= 0.3 is 5.69 Å². The van der Waals surface area contributed by atoms with Gasteiger partial charge in [0.1, 0.15) is 11.3 Å². The Balaban J connectivity index is 2.08. The maximum Gasteiger partial charge on any atom is 0.311 e. The van der Waals surface area contributed by atoms with E-state index in [1.165, 1.54) is 12.1 Å². The third-order valence-electron chi connectivity index (χ3n) is 2.99. The van der Waals surface area contributed by atoms with E-state index in [1.54, 1.807) is 16.5 Å². The van der Waals surface area contributed by atoms with E-state index in [-0.39, 0.29) is 23.2 Å². The summed E-state index contributed by atoms with van der Waals surface area (Å²) in [6.07, 6.45) is 1.81. The number of imidazole rings is 1. The van der Waals surface area contributed by atoms with Crippen molar-refractivity contribution in [3.8, 4) is 11.6 Å². The first kappa shape index (κ1) is 13.4. The lowest BCUT2D eigenvalue weighted by molar-refractivity contribution is -0.385. The second-order valence-electron chi connectivity index (χ2n) is 4.25. The van der Waals surface area contributed by atoms with Gasteiger partial charge in [0, 0.05) is 12.3 Å². The van der Waals surface area contributed by atoms with Crippen LogP contribution in [-0.2, 0) is 5.88 Å². The minimum absolute atomic E-state index is 0.116. The van der Waals surface area contributed by atoms with E-state index in [4.69, 9.17) is 16.3 Å². The lowest BCUT2D eigenvalue weighted by atomic mass is 10.3. The van der Waals surface area contributed by atoms with Crippen LogP contribution in [0.4, 0.5) is 5.69 Å². The van der Waals surface area contributed by atoms with Gasteiger partial charge in [0.25, 0.3) is 0 Å². The number of nitro benzene ring substituents is 1. The van der Waals surface area contributed by atoms with E-state index >= 15 is 0 Å². The SMILES string of the molecule is O=[N+]([O-])c1ccccc1Oc1nc2ccccn2c1CCl. The van der Waals surface area contributed by atoms with Gasteiger partial charge in [-0.05, 0) is 18.2 Å². The number of hydrogen-bond donors (Lipinski definition) is 0. The molecule has 2 aromatic heterocycles. The maximum absolute atomic E-state index is 11.0. The molecule has 6 nitrogen and oxygen atoms in total. The number of nitrogens with zero attached hydrogens (tertiary/aromatic N) is 3. The Labute approximate surface area is 124 Å². The van der Waals surface area contributed by atoms with E-state index < -0.39 is 4.92 Å². The zero-order valence-electron chi connectivity index (χ0n) is 10.8. The number of aromatic nitrogens is 2.